The van der Waals surface area contributed by atoms with E-state index in [1.54, 1.807) is 0 Å². The van der Waals surface area contributed by atoms with Crippen LogP contribution < -0.4 is 16.4 Å². The van der Waals surface area contributed by atoms with E-state index in [-0.39, 0.29) is 6.03 Å². The molecule has 19 heavy (non-hydrogen) atoms. The summed E-state index contributed by atoms with van der Waals surface area (Å²) in [4.78, 5) is 11.8. The molecule has 104 valence electrons. The molecule has 2 rings (SSSR count). The number of benzene rings is 1. The summed E-state index contributed by atoms with van der Waals surface area (Å²) >= 11 is 0. The number of carbonyl (C=O) groups excluding carboxylic acids is 1. The highest BCUT2D eigenvalue weighted by Gasteiger charge is 2.21. The van der Waals surface area contributed by atoms with Crippen LogP contribution >= 0.6 is 0 Å². The number of urea groups is 1. The average molecular weight is 261 g/mol. The molecule has 1 aliphatic rings. The van der Waals surface area contributed by atoms with E-state index >= 15 is 0 Å². The Morgan fingerprint density at radius 3 is 2.47 bits per heavy atom. The Morgan fingerprint density at radius 1 is 1.16 bits per heavy atom. The Labute approximate surface area is 114 Å². The van der Waals surface area contributed by atoms with Crippen LogP contribution in [-0.2, 0) is 6.54 Å². The molecule has 0 saturated heterocycles. The molecule has 1 aliphatic carbocycles. The van der Waals surface area contributed by atoms with Crippen LogP contribution in [0.2, 0.25) is 0 Å². The molecular weight excluding hydrogens is 238 g/mol. The number of hydrogen-bond acceptors (Lipinski definition) is 2. The number of nitrogens with one attached hydrogen (secondary N) is 2. The highest BCUT2D eigenvalue weighted by atomic mass is 16.2. The third-order valence-electron chi connectivity index (χ3n) is 3.81. The van der Waals surface area contributed by atoms with Gasteiger partial charge in [0.2, 0.25) is 0 Å². The van der Waals surface area contributed by atoms with E-state index < -0.39 is 0 Å². The second-order valence-corrected chi connectivity index (χ2v) is 5.27. The van der Waals surface area contributed by atoms with Gasteiger partial charge >= 0.3 is 6.03 Å². The van der Waals surface area contributed by atoms with Crippen LogP contribution in [-0.4, -0.2) is 18.6 Å². The largest absolute Gasteiger partial charge is 0.335 e. The van der Waals surface area contributed by atoms with Crippen LogP contribution in [0.1, 0.15) is 31.2 Å². The van der Waals surface area contributed by atoms with E-state index in [9.17, 15) is 4.79 Å². The van der Waals surface area contributed by atoms with Crippen LogP contribution in [0.4, 0.5) is 4.79 Å². The quantitative estimate of drug-likeness (QED) is 0.776. The van der Waals surface area contributed by atoms with Crippen molar-refractivity contribution in [2.75, 3.05) is 6.54 Å². The molecule has 0 bridgehead atoms. The fourth-order valence-corrected chi connectivity index (χ4v) is 2.56. The van der Waals surface area contributed by atoms with Crippen molar-refractivity contribution >= 4 is 6.03 Å². The summed E-state index contributed by atoms with van der Waals surface area (Å²) in [6.45, 7) is 1.34. The molecule has 0 heterocycles. The zero-order chi connectivity index (χ0) is 13.5. The smallest absolute Gasteiger partial charge is 0.315 e. The van der Waals surface area contributed by atoms with Crippen molar-refractivity contribution < 1.29 is 4.79 Å². The molecule has 0 atom stereocenters. The molecular formula is C15H23N3O. The summed E-state index contributed by atoms with van der Waals surface area (Å²) < 4.78 is 0. The maximum atomic E-state index is 11.8. The minimum atomic E-state index is -0.0694. The minimum absolute atomic E-state index is 0.0694. The Morgan fingerprint density at radius 2 is 1.84 bits per heavy atom. The highest BCUT2D eigenvalue weighted by Crippen LogP contribution is 2.23. The maximum absolute atomic E-state index is 11.8. The van der Waals surface area contributed by atoms with Crippen LogP contribution in [0.15, 0.2) is 30.3 Å². The van der Waals surface area contributed by atoms with E-state index in [1.807, 2.05) is 30.3 Å². The number of carbonyl (C=O) groups is 1. The molecule has 2 amide bonds. The number of rotatable bonds is 4. The molecule has 0 aromatic heterocycles. The lowest BCUT2D eigenvalue weighted by atomic mass is 9.86. The Balaban J connectivity index is 1.67. The monoisotopic (exact) mass is 261 g/mol. The highest BCUT2D eigenvalue weighted by molar-refractivity contribution is 5.74. The average Bonchev–Trinajstić information content (AvgIpc) is 2.47. The van der Waals surface area contributed by atoms with Crippen molar-refractivity contribution in [2.24, 2.45) is 11.7 Å². The van der Waals surface area contributed by atoms with Gasteiger partial charge in [-0.3, -0.25) is 0 Å². The summed E-state index contributed by atoms with van der Waals surface area (Å²) in [6.07, 6.45) is 4.33. The first-order valence-electron chi connectivity index (χ1n) is 7.06. The second-order valence-electron chi connectivity index (χ2n) is 5.27. The predicted molar refractivity (Wildman–Crippen MR) is 76.6 cm³/mol. The standard InChI is InChI=1S/C15H23N3O/c16-10-12-6-8-14(9-7-12)18-15(19)17-11-13-4-2-1-3-5-13/h1-5,12,14H,6-11,16H2,(H2,17,18,19). The molecule has 1 aromatic carbocycles. The third-order valence-corrected chi connectivity index (χ3v) is 3.81. The molecule has 4 heteroatoms. The van der Waals surface area contributed by atoms with Gasteiger partial charge in [-0.15, -0.1) is 0 Å². The van der Waals surface area contributed by atoms with Gasteiger partial charge in [0.25, 0.3) is 0 Å². The third kappa shape index (κ3) is 4.56. The zero-order valence-electron chi connectivity index (χ0n) is 11.3. The Kier molecular flexibility index (Phi) is 5.21. The van der Waals surface area contributed by atoms with E-state index in [0.717, 1.165) is 37.8 Å². The molecule has 0 aliphatic heterocycles. The first-order chi connectivity index (χ1) is 9.28. The summed E-state index contributed by atoms with van der Waals surface area (Å²) in [5.74, 6) is 0.644. The summed E-state index contributed by atoms with van der Waals surface area (Å²) in [6, 6.07) is 10.2. The van der Waals surface area contributed by atoms with Gasteiger partial charge in [0, 0.05) is 12.6 Å². The molecule has 0 radical (unpaired) electrons. The van der Waals surface area contributed by atoms with Crippen LogP contribution in [0.3, 0.4) is 0 Å². The van der Waals surface area contributed by atoms with Gasteiger partial charge in [-0.2, -0.15) is 0 Å². The molecule has 4 nitrogen and oxygen atoms in total. The van der Waals surface area contributed by atoms with Crippen molar-refractivity contribution in [3.63, 3.8) is 0 Å². The van der Waals surface area contributed by atoms with Gasteiger partial charge in [-0.05, 0) is 43.7 Å². The van der Waals surface area contributed by atoms with Gasteiger partial charge in [0.15, 0.2) is 0 Å². The van der Waals surface area contributed by atoms with Crippen molar-refractivity contribution in [1.82, 2.24) is 10.6 Å². The number of hydrogen-bond donors (Lipinski definition) is 3. The molecule has 1 aromatic rings. The Hall–Kier alpha value is -1.55. The van der Waals surface area contributed by atoms with Crippen LogP contribution in [0.5, 0.6) is 0 Å². The molecule has 1 saturated carbocycles. The first-order valence-corrected chi connectivity index (χ1v) is 7.06. The fourth-order valence-electron chi connectivity index (χ4n) is 2.56. The lowest BCUT2D eigenvalue weighted by Crippen LogP contribution is -2.43. The van der Waals surface area contributed by atoms with Crippen LogP contribution in [0.25, 0.3) is 0 Å². The summed E-state index contributed by atoms with van der Waals surface area (Å²) in [5, 5.41) is 5.94. The lowest BCUT2D eigenvalue weighted by Gasteiger charge is -2.28. The molecule has 0 unspecified atom stereocenters. The van der Waals surface area contributed by atoms with Gasteiger partial charge in [0.05, 0.1) is 0 Å². The van der Waals surface area contributed by atoms with Gasteiger partial charge < -0.3 is 16.4 Å². The number of nitrogens with two attached hydrogens (primary N) is 1. The normalized spacial score (nSPS) is 22.8. The number of amides is 2. The van der Waals surface area contributed by atoms with Crippen molar-refractivity contribution in [2.45, 2.75) is 38.3 Å². The van der Waals surface area contributed by atoms with Crippen molar-refractivity contribution in [3.05, 3.63) is 35.9 Å². The lowest BCUT2D eigenvalue weighted by molar-refractivity contribution is 0.227. The minimum Gasteiger partial charge on any atom is -0.335 e. The topological polar surface area (TPSA) is 67.1 Å². The van der Waals surface area contributed by atoms with Crippen LogP contribution in [0, 0.1) is 5.92 Å². The Bertz CT molecular complexity index is 386. The van der Waals surface area contributed by atoms with E-state index in [1.165, 1.54) is 0 Å². The van der Waals surface area contributed by atoms with Gasteiger partial charge in [-0.1, -0.05) is 30.3 Å². The maximum Gasteiger partial charge on any atom is 0.315 e. The summed E-state index contributed by atoms with van der Waals surface area (Å²) in [7, 11) is 0. The molecule has 4 N–H and O–H groups in total. The van der Waals surface area contributed by atoms with E-state index in [0.29, 0.717) is 18.5 Å². The molecule has 1 fully saturated rings. The van der Waals surface area contributed by atoms with Gasteiger partial charge in [-0.25, -0.2) is 4.79 Å². The van der Waals surface area contributed by atoms with Crippen molar-refractivity contribution in [1.29, 1.82) is 0 Å². The fraction of sp³-hybridized carbons (Fsp3) is 0.533. The zero-order valence-corrected chi connectivity index (χ0v) is 11.3. The SMILES string of the molecule is NCC1CCC(NC(=O)NCc2ccccc2)CC1. The predicted octanol–water partition coefficient (Wildman–Crippen LogP) is 2.00. The summed E-state index contributed by atoms with van der Waals surface area (Å²) in [5.41, 5.74) is 6.78. The second kappa shape index (κ2) is 7.14. The van der Waals surface area contributed by atoms with E-state index in [2.05, 4.69) is 10.6 Å². The first kappa shape index (κ1) is 13.9. The van der Waals surface area contributed by atoms with E-state index in [4.69, 9.17) is 5.73 Å². The molecule has 0 spiro atoms. The van der Waals surface area contributed by atoms with Gasteiger partial charge in [0.1, 0.15) is 0 Å². The van der Waals surface area contributed by atoms with Crippen molar-refractivity contribution in [3.8, 4) is 0 Å².